The molecule has 1 aromatic heterocycles. The third kappa shape index (κ3) is 4.71. The lowest BCUT2D eigenvalue weighted by atomic mass is 10.2. The van der Waals surface area contributed by atoms with Crippen molar-refractivity contribution in [1.82, 2.24) is 10.3 Å². The number of ether oxygens (including phenoxy) is 1. The molecule has 0 saturated heterocycles. The average molecular weight is 313 g/mol. The summed E-state index contributed by atoms with van der Waals surface area (Å²) in [5.74, 6) is 1.46. The van der Waals surface area contributed by atoms with Gasteiger partial charge in [-0.3, -0.25) is 4.79 Å². The van der Waals surface area contributed by atoms with Crippen molar-refractivity contribution < 1.29 is 9.53 Å². The zero-order valence-electron chi connectivity index (χ0n) is 13.8. The number of aromatic nitrogens is 1. The molecule has 1 atom stereocenters. The van der Waals surface area contributed by atoms with Crippen molar-refractivity contribution in [3.8, 4) is 5.75 Å². The van der Waals surface area contributed by atoms with Crippen LogP contribution in [0.5, 0.6) is 5.75 Å². The van der Waals surface area contributed by atoms with E-state index in [1.807, 2.05) is 38.1 Å². The van der Waals surface area contributed by atoms with E-state index < -0.39 is 0 Å². The van der Waals surface area contributed by atoms with Gasteiger partial charge in [-0.2, -0.15) is 0 Å². The van der Waals surface area contributed by atoms with Gasteiger partial charge in [0.25, 0.3) is 5.91 Å². The highest BCUT2D eigenvalue weighted by molar-refractivity contribution is 5.94. The van der Waals surface area contributed by atoms with Gasteiger partial charge in [-0.15, -0.1) is 0 Å². The summed E-state index contributed by atoms with van der Waals surface area (Å²) in [7, 11) is 1.65. The third-order valence-electron chi connectivity index (χ3n) is 3.67. The normalized spacial score (nSPS) is 11.6. The number of amides is 1. The minimum atomic E-state index is -0.0943. The fourth-order valence-corrected chi connectivity index (χ4v) is 2.08. The van der Waals surface area contributed by atoms with Gasteiger partial charge in [-0.05, 0) is 31.5 Å². The average Bonchev–Trinajstić information content (AvgIpc) is 2.60. The maximum Gasteiger partial charge on any atom is 0.253 e. The molecule has 2 rings (SSSR count). The van der Waals surface area contributed by atoms with Gasteiger partial charge in [-0.25, -0.2) is 4.98 Å². The smallest absolute Gasteiger partial charge is 0.253 e. The van der Waals surface area contributed by atoms with E-state index in [1.165, 1.54) is 0 Å². The van der Waals surface area contributed by atoms with Gasteiger partial charge < -0.3 is 15.4 Å². The first kappa shape index (κ1) is 16.8. The molecule has 0 fully saturated rings. The highest BCUT2D eigenvalue weighted by Crippen LogP contribution is 2.18. The number of carbonyl (C=O) groups is 1. The van der Waals surface area contributed by atoms with E-state index in [9.17, 15) is 4.79 Å². The van der Waals surface area contributed by atoms with Gasteiger partial charge in [0.1, 0.15) is 11.6 Å². The van der Waals surface area contributed by atoms with Gasteiger partial charge in [0.2, 0.25) is 0 Å². The summed E-state index contributed by atoms with van der Waals surface area (Å²) in [5, 5.41) is 6.15. The highest BCUT2D eigenvalue weighted by atomic mass is 16.5. The van der Waals surface area contributed by atoms with Gasteiger partial charge in [0, 0.05) is 24.3 Å². The zero-order chi connectivity index (χ0) is 16.7. The Kier molecular flexibility index (Phi) is 5.97. The Bertz CT molecular complexity index is 641. The van der Waals surface area contributed by atoms with E-state index in [0.29, 0.717) is 12.1 Å². The fraction of sp³-hybridized carbons (Fsp3) is 0.333. The van der Waals surface area contributed by atoms with Crippen molar-refractivity contribution in [2.75, 3.05) is 12.4 Å². The zero-order valence-corrected chi connectivity index (χ0v) is 13.8. The number of methoxy groups -OCH3 is 1. The maximum absolute atomic E-state index is 12.0. The molecule has 1 unspecified atom stereocenters. The van der Waals surface area contributed by atoms with Crippen LogP contribution < -0.4 is 15.4 Å². The Morgan fingerprint density at radius 3 is 2.70 bits per heavy atom. The quantitative estimate of drug-likeness (QED) is 0.824. The Labute approximate surface area is 137 Å². The number of carbonyl (C=O) groups excluding carboxylic acids is 1. The van der Waals surface area contributed by atoms with E-state index in [1.54, 1.807) is 25.4 Å². The number of pyridine rings is 1. The molecule has 0 bridgehead atoms. The van der Waals surface area contributed by atoms with Crippen LogP contribution >= 0.6 is 0 Å². The van der Waals surface area contributed by atoms with E-state index in [4.69, 9.17) is 4.74 Å². The molecule has 1 heterocycles. The van der Waals surface area contributed by atoms with E-state index in [0.717, 1.165) is 23.6 Å². The summed E-state index contributed by atoms with van der Waals surface area (Å²) in [5.41, 5.74) is 1.61. The van der Waals surface area contributed by atoms with Crippen LogP contribution in [0.3, 0.4) is 0 Å². The molecule has 0 saturated carbocycles. The Morgan fingerprint density at radius 1 is 1.26 bits per heavy atom. The second kappa shape index (κ2) is 8.17. The molecule has 122 valence electrons. The van der Waals surface area contributed by atoms with Gasteiger partial charge in [0.15, 0.2) is 0 Å². The summed E-state index contributed by atoms with van der Waals surface area (Å²) < 4.78 is 5.32. The molecule has 0 aliphatic carbocycles. The van der Waals surface area contributed by atoms with Gasteiger partial charge in [-0.1, -0.05) is 25.1 Å². The summed E-state index contributed by atoms with van der Waals surface area (Å²) in [6.07, 6.45) is 2.49. The molecule has 23 heavy (non-hydrogen) atoms. The minimum Gasteiger partial charge on any atom is -0.496 e. The fourth-order valence-electron chi connectivity index (χ4n) is 2.08. The van der Waals surface area contributed by atoms with Crippen LogP contribution in [0, 0.1) is 0 Å². The van der Waals surface area contributed by atoms with Crippen molar-refractivity contribution in [1.29, 1.82) is 0 Å². The van der Waals surface area contributed by atoms with Crippen LogP contribution in [0.25, 0.3) is 0 Å². The molecule has 2 N–H and O–H groups in total. The van der Waals surface area contributed by atoms with Gasteiger partial charge >= 0.3 is 0 Å². The standard InChI is InChI=1S/C18H23N3O2/c1-4-13(2)21-18(22)15-9-10-17(20-12-15)19-11-14-7-5-6-8-16(14)23-3/h5-10,12-13H,4,11H2,1-3H3,(H,19,20)(H,21,22). The molecule has 5 heteroatoms. The lowest BCUT2D eigenvalue weighted by Crippen LogP contribution is -2.31. The molecule has 0 radical (unpaired) electrons. The molecular weight excluding hydrogens is 290 g/mol. The second-order valence-electron chi connectivity index (χ2n) is 5.38. The van der Waals surface area contributed by atoms with E-state index in [-0.39, 0.29) is 11.9 Å². The lowest BCUT2D eigenvalue weighted by Gasteiger charge is -2.12. The number of para-hydroxylation sites is 1. The van der Waals surface area contributed by atoms with Crippen molar-refractivity contribution in [3.05, 3.63) is 53.7 Å². The van der Waals surface area contributed by atoms with Crippen molar-refractivity contribution in [3.63, 3.8) is 0 Å². The topological polar surface area (TPSA) is 63.2 Å². The number of hydrogen-bond donors (Lipinski definition) is 2. The maximum atomic E-state index is 12.0. The number of anilines is 1. The number of benzene rings is 1. The van der Waals surface area contributed by atoms with Gasteiger partial charge in [0.05, 0.1) is 12.7 Å². The largest absolute Gasteiger partial charge is 0.496 e. The first-order chi connectivity index (χ1) is 11.1. The van der Waals surface area contributed by atoms with Crippen molar-refractivity contribution in [2.45, 2.75) is 32.9 Å². The lowest BCUT2D eigenvalue weighted by molar-refractivity contribution is 0.0939. The first-order valence-corrected chi connectivity index (χ1v) is 7.76. The molecule has 2 aromatic rings. The second-order valence-corrected chi connectivity index (χ2v) is 5.38. The van der Waals surface area contributed by atoms with Crippen LogP contribution in [-0.4, -0.2) is 24.0 Å². The molecule has 0 aliphatic heterocycles. The Hall–Kier alpha value is -2.56. The minimum absolute atomic E-state index is 0.0943. The molecular formula is C18H23N3O2. The van der Waals surface area contributed by atoms with Crippen LogP contribution in [0.4, 0.5) is 5.82 Å². The predicted molar refractivity (Wildman–Crippen MR) is 91.8 cm³/mol. The summed E-state index contributed by atoms with van der Waals surface area (Å²) in [6.45, 7) is 4.62. The molecule has 0 spiro atoms. The van der Waals surface area contributed by atoms with Crippen LogP contribution in [-0.2, 0) is 6.54 Å². The van der Waals surface area contributed by atoms with E-state index >= 15 is 0 Å². The number of nitrogens with zero attached hydrogens (tertiary/aromatic N) is 1. The van der Waals surface area contributed by atoms with E-state index in [2.05, 4.69) is 15.6 Å². The van der Waals surface area contributed by atoms with Crippen molar-refractivity contribution >= 4 is 11.7 Å². The number of rotatable bonds is 7. The highest BCUT2D eigenvalue weighted by Gasteiger charge is 2.09. The van der Waals surface area contributed by atoms with Crippen molar-refractivity contribution in [2.24, 2.45) is 0 Å². The predicted octanol–water partition coefficient (Wildman–Crippen LogP) is 3.23. The summed E-state index contributed by atoms with van der Waals surface area (Å²) >= 11 is 0. The first-order valence-electron chi connectivity index (χ1n) is 7.76. The number of hydrogen-bond acceptors (Lipinski definition) is 4. The van der Waals surface area contributed by atoms with Crippen LogP contribution in [0.1, 0.15) is 36.2 Å². The molecule has 1 aromatic carbocycles. The molecule has 0 aliphatic rings. The summed E-state index contributed by atoms with van der Waals surface area (Å²) in [4.78, 5) is 16.3. The molecule has 5 nitrogen and oxygen atoms in total. The van der Waals surface area contributed by atoms with Crippen LogP contribution in [0.15, 0.2) is 42.6 Å². The summed E-state index contributed by atoms with van der Waals surface area (Å²) in [6, 6.07) is 11.6. The monoisotopic (exact) mass is 313 g/mol. The SMILES string of the molecule is CCC(C)NC(=O)c1ccc(NCc2ccccc2OC)nc1. The van der Waals surface area contributed by atoms with Crippen LogP contribution in [0.2, 0.25) is 0 Å². The Morgan fingerprint density at radius 2 is 2.04 bits per heavy atom. The molecule has 1 amide bonds. The Balaban J connectivity index is 1.96. The number of nitrogens with one attached hydrogen (secondary N) is 2. The third-order valence-corrected chi connectivity index (χ3v) is 3.67.